The van der Waals surface area contributed by atoms with E-state index in [1.165, 1.54) is 6.07 Å². The van der Waals surface area contributed by atoms with Crippen LogP contribution in [0.25, 0.3) is 0 Å². The van der Waals surface area contributed by atoms with E-state index in [1.54, 1.807) is 18.2 Å². The minimum Gasteiger partial charge on any atom is -0.481 e. The highest BCUT2D eigenvalue weighted by Crippen LogP contribution is 2.32. The highest BCUT2D eigenvalue weighted by molar-refractivity contribution is 5.93. The average Bonchev–Trinajstić information content (AvgIpc) is 2.95. The van der Waals surface area contributed by atoms with Crippen LogP contribution in [0.2, 0.25) is 0 Å². The molecule has 1 aliphatic rings. The molecule has 23 heavy (non-hydrogen) atoms. The largest absolute Gasteiger partial charge is 0.481 e. The van der Waals surface area contributed by atoms with Crippen molar-refractivity contribution in [2.75, 3.05) is 5.32 Å². The first-order valence-electron chi connectivity index (χ1n) is 7.44. The van der Waals surface area contributed by atoms with Gasteiger partial charge < -0.3 is 10.4 Å². The van der Waals surface area contributed by atoms with Gasteiger partial charge in [-0.15, -0.1) is 0 Å². The van der Waals surface area contributed by atoms with Gasteiger partial charge in [0.05, 0.1) is 5.92 Å². The van der Waals surface area contributed by atoms with E-state index in [2.05, 4.69) is 5.32 Å². The lowest BCUT2D eigenvalue weighted by molar-refractivity contribution is -0.141. The maximum atomic E-state index is 12.2. The summed E-state index contributed by atoms with van der Waals surface area (Å²) in [5, 5.41) is 11.6. The molecule has 0 spiro atoms. The molecule has 0 bridgehead atoms. The van der Waals surface area contributed by atoms with Gasteiger partial charge >= 0.3 is 12.1 Å². The fourth-order valence-corrected chi connectivity index (χ4v) is 2.78. The maximum absolute atomic E-state index is 12.2. The summed E-state index contributed by atoms with van der Waals surface area (Å²) in [5.41, 5.74) is 0.934. The summed E-state index contributed by atoms with van der Waals surface area (Å²) < 4.78 is 36.7. The molecule has 1 aliphatic carbocycles. The second-order valence-corrected chi connectivity index (χ2v) is 5.85. The van der Waals surface area contributed by atoms with Crippen LogP contribution in [-0.4, -0.2) is 23.2 Å². The Labute approximate surface area is 131 Å². The minimum atomic E-state index is -4.21. The summed E-state index contributed by atoms with van der Waals surface area (Å²) in [7, 11) is 0. The standard InChI is InChI=1S/C16H18F3NO3/c17-16(18,19)7-6-10-2-1-3-13(8-10)20-14(21)11-4-5-12(9-11)15(22)23/h1-3,8,11-12H,4-7,9H2,(H,20,21)(H,22,23)/t11-,12+/m0/s1. The molecular formula is C16H18F3NO3. The second-order valence-electron chi connectivity index (χ2n) is 5.85. The van der Waals surface area contributed by atoms with Gasteiger partial charge in [0.15, 0.2) is 0 Å². The number of aryl methyl sites for hydroxylation is 1. The smallest absolute Gasteiger partial charge is 0.389 e. The molecule has 0 heterocycles. The fraction of sp³-hybridized carbons (Fsp3) is 0.500. The molecule has 2 rings (SSSR count). The third-order valence-electron chi connectivity index (χ3n) is 4.04. The number of carbonyl (C=O) groups is 2. The van der Waals surface area contributed by atoms with Crippen molar-refractivity contribution in [3.05, 3.63) is 29.8 Å². The summed E-state index contributed by atoms with van der Waals surface area (Å²) in [6, 6.07) is 6.30. The first-order valence-corrected chi connectivity index (χ1v) is 7.44. The van der Waals surface area contributed by atoms with E-state index < -0.39 is 24.5 Å². The van der Waals surface area contributed by atoms with Crippen molar-refractivity contribution in [3.8, 4) is 0 Å². The third-order valence-corrected chi connectivity index (χ3v) is 4.04. The molecule has 1 saturated carbocycles. The Morgan fingerprint density at radius 2 is 1.91 bits per heavy atom. The molecule has 7 heteroatoms. The lowest BCUT2D eigenvalue weighted by Gasteiger charge is -2.12. The summed E-state index contributed by atoms with van der Waals surface area (Å²) in [5.74, 6) is -2.03. The molecule has 0 radical (unpaired) electrons. The van der Waals surface area contributed by atoms with Crippen LogP contribution in [0.4, 0.5) is 18.9 Å². The van der Waals surface area contributed by atoms with Gasteiger partial charge in [0.1, 0.15) is 0 Å². The maximum Gasteiger partial charge on any atom is 0.389 e. The lowest BCUT2D eigenvalue weighted by Crippen LogP contribution is -2.21. The van der Waals surface area contributed by atoms with E-state index >= 15 is 0 Å². The van der Waals surface area contributed by atoms with Crippen molar-refractivity contribution >= 4 is 17.6 Å². The molecular weight excluding hydrogens is 311 g/mol. The number of aliphatic carboxylic acids is 1. The van der Waals surface area contributed by atoms with Crippen molar-refractivity contribution < 1.29 is 27.9 Å². The number of carboxylic acids is 1. The molecule has 0 aliphatic heterocycles. The quantitative estimate of drug-likeness (QED) is 0.867. The predicted octanol–water partition coefficient (Wildman–Crippen LogP) is 3.62. The number of rotatable bonds is 5. The van der Waals surface area contributed by atoms with Crippen LogP contribution < -0.4 is 5.32 Å². The van der Waals surface area contributed by atoms with Crippen molar-refractivity contribution in [2.45, 2.75) is 38.3 Å². The molecule has 0 aromatic heterocycles. The molecule has 2 N–H and O–H groups in total. The van der Waals surface area contributed by atoms with Gasteiger partial charge in [0, 0.05) is 18.0 Å². The minimum absolute atomic E-state index is 0.141. The topological polar surface area (TPSA) is 66.4 Å². The number of carboxylic acid groups (broad SMARTS) is 1. The zero-order valence-electron chi connectivity index (χ0n) is 12.4. The number of nitrogens with one attached hydrogen (secondary N) is 1. The highest BCUT2D eigenvalue weighted by atomic mass is 19.4. The molecule has 0 saturated heterocycles. The molecule has 2 atom stereocenters. The van der Waals surface area contributed by atoms with Crippen molar-refractivity contribution in [1.29, 1.82) is 0 Å². The van der Waals surface area contributed by atoms with Crippen LogP contribution in [0.5, 0.6) is 0 Å². The van der Waals surface area contributed by atoms with E-state index in [0.29, 0.717) is 30.5 Å². The Balaban J connectivity index is 1.92. The van der Waals surface area contributed by atoms with Crippen LogP contribution in [0.1, 0.15) is 31.2 Å². The monoisotopic (exact) mass is 329 g/mol. The number of alkyl halides is 3. The Hall–Kier alpha value is -2.05. The van der Waals surface area contributed by atoms with Crippen LogP contribution in [0.3, 0.4) is 0 Å². The van der Waals surface area contributed by atoms with E-state index in [9.17, 15) is 22.8 Å². The zero-order valence-corrected chi connectivity index (χ0v) is 12.4. The fourth-order valence-electron chi connectivity index (χ4n) is 2.78. The number of halogens is 3. The second kappa shape index (κ2) is 7.02. The van der Waals surface area contributed by atoms with Gasteiger partial charge in [-0.2, -0.15) is 13.2 Å². The van der Waals surface area contributed by atoms with Gasteiger partial charge in [-0.3, -0.25) is 9.59 Å². The Morgan fingerprint density at radius 3 is 2.52 bits per heavy atom. The van der Waals surface area contributed by atoms with Gasteiger partial charge in [0.2, 0.25) is 5.91 Å². The number of hydrogen-bond donors (Lipinski definition) is 2. The first-order chi connectivity index (χ1) is 10.7. The molecule has 4 nitrogen and oxygen atoms in total. The SMILES string of the molecule is O=C(O)[C@@H]1CC[C@H](C(=O)Nc2cccc(CCC(F)(F)F)c2)C1. The molecule has 1 aromatic carbocycles. The normalized spacial score (nSPS) is 21.2. The number of hydrogen-bond acceptors (Lipinski definition) is 2. The Bertz CT molecular complexity index is 586. The van der Waals surface area contributed by atoms with E-state index in [4.69, 9.17) is 5.11 Å². The number of benzene rings is 1. The van der Waals surface area contributed by atoms with Crippen LogP contribution >= 0.6 is 0 Å². The van der Waals surface area contributed by atoms with Crippen molar-refractivity contribution in [2.24, 2.45) is 11.8 Å². The van der Waals surface area contributed by atoms with Gasteiger partial charge in [0.25, 0.3) is 0 Å². The highest BCUT2D eigenvalue weighted by Gasteiger charge is 2.33. The zero-order chi connectivity index (χ0) is 17.0. The van der Waals surface area contributed by atoms with Crippen molar-refractivity contribution in [3.63, 3.8) is 0 Å². The summed E-state index contributed by atoms with van der Waals surface area (Å²) in [4.78, 5) is 23.0. The lowest BCUT2D eigenvalue weighted by atomic mass is 10.0. The Morgan fingerprint density at radius 1 is 1.22 bits per heavy atom. The first kappa shape index (κ1) is 17.3. The van der Waals surface area contributed by atoms with Gasteiger partial charge in [-0.25, -0.2) is 0 Å². The predicted molar refractivity (Wildman–Crippen MR) is 77.9 cm³/mol. The number of amides is 1. The third kappa shape index (κ3) is 5.26. The summed E-state index contributed by atoms with van der Waals surface area (Å²) >= 11 is 0. The molecule has 1 fully saturated rings. The molecule has 1 aromatic rings. The van der Waals surface area contributed by atoms with Crippen LogP contribution in [0, 0.1) is 11.8 Å². The molecule has 1 amide bonds. The molecule has 0 unspecified atom stereocenters. The van der Waals surface area contributed by atoms with Crippen molar-refractivity contribution in [1.82, 2.24) is 0 Å². The van der Waals surface area contributed by atoms with Crippen LogP contribution in [0.15, 0.2) is 24.3 Å². The number of carbonyl (C=O) groups excluding carboxylic acids is 1. The van der Waals surface area contributed by atoms with Gasteiger partial charge in [-0.05, 0) is 43.4 Å². The van der Waals surface area contributed by atoms with E-state index in [-0.39, 0.29) is 18.2 Å². The summed E-state index contributed by atoms with van der Waals surface area (Å²) in [6.45, 7) is 0. The number of anilines is 1. The molecule has 126 valence electrons. The van der Waals surface area contributed by atoms with E-state index in [1.807, 2.05) is 0 Å². The van der Waals surface area contributed by atoms with E-state index in [0.717, 1.165) is 0 Å². The summed E-state index contributed by atoms with van der Waals surface area (Å²) in [6.07, 6.45) is -3.98. The Kier molecular flexibility index (Phi) is 5.28. The van der Waals surface area contributed by atoms with Crippen LogP contribution in [-0.2, 0) is 16.0 Å². The van der Waals surface area contributed by atoms with Gasteiger partial charge in [-0.1, -0.05) is 12.1 Å². The average molecular weight is 329 g/mol.